The second-order valence-electron chi connectivity index (χ2n) is 9.36. The van der Waals surface area contributed by atoms with Crippen LogP contribution in [0.3, 0.4) is 0 Å². The van der Waals surface area contributed by atoms with E-state index in [9.17, 15) is 26.4 Å². The summed E-state index contributed by atoms with van der Waals surface area (Å²) in [4.78, 5) is 14.5. The molecule has 0 amide bonds. The minimum Gasteiger partial charge on any atom is -0.369 e. The van der Waals surface area contributed by atoms with E-state index in [1.165, 1.54) is 10.4 Å². The molecule has 166 valence electrons. The first-order valence-electron chi connectivity index (χ1n) is 10.3. The molecule has 2 atom stereocenters. The number of hydrogen-bond acceptors (Lipinski definition) is 4. The third kappa shape index (κ3) is 3.34. The molecule has 0 spiro atoms. The smallest absolute Gasteiger partial charge is 0.369 e. The van der Waals surface area contributed by atoms with E-state index >= 15 is 0 Å². The van der Waals surface area contributed by atoms with E-state index in [0.29, 0.717) is 31.6 Å². The summed E-state index contributed by atoms with van der Waals surface area (Å²) in [5.41, 5.74) is -1.41. The number of alkyl halides is 3. The molecule has 0 unspecified atom stereocenters. The summed E-state index contributed by atoms with van der Waals surface area (Å²) in [5.74, 6) is 0.152. The topological polar surface area (TPSA) is 57.7 Å². The fourth-order valence-corrected chi connectivity index (χ4v) is 7.82. The number of nitrogens with zero attached hydrogens (tertiary/aromatic N) is 2. The zero-order valence-corrected chi connectivity index (χ0v) is 18.0. The van der Waals surface area contributed by atoms with Crippen molar-refractivity contribution < 1.29 is 26.4 Å². The Morgan fingerprint density at radius 2 is 1.80 bits per heavy atom. The summed E-state index contributed by atoms with van der Waals surface area (Å²) in [7, 11) is -3.65. The lowest BCUT2D eigenvalue weighted by Crippen LogP contribution is -2.52. The molecule has 0 aromatic heterocycles. The summed E-state index contributed by atoms with van der Waals surface area (Å²) in [5, 5.41) is 0. The van der Waals surface area contributed by atoms with Crippen LogP contribution in [0.4, 0.5) is 18.9 Å². The maximum absolute atomic E-state index is 13.2. The van der Waals surface area contributed by atoms with E-state index in [0.717, 1.165) is 18.6 Å². The third-order valence-electron chi connectivity index (χ3n) is 7.74. The van der Waals surface area contributed by atoms with E-state index in [1.807, 2.05) is 13.8 Å². The number of piperazine rings is 1. The lowest BCUT2D eigenvalue weighted by Gasteiger charge is -2.40. The van der Waals surface area contributed by atoms with Gasteiger partial charge in [-0.05, 0) is 42.4 Å². The number of anilines is 1. The second-order valence-corrected chi connectivity index (χ2v) is 11.3. The first-order chi connectivity index (χ1) is 13.9. The molecule has 1 aromatic rings. The van der Waals surface area contributed by atoms with Gasteiger partial charge in [-0.15, -0.1) is 0 Å². The van der Waals surface area contributed by atoms with Crippen molar-refractivity contribution in [3.05, 3.63) is 29.8 Å². The van der Waals surface area contributed by atoms with Gasteiger partial charge >= 0.3 is 6.18 Å². The highest BCUT2D eigenvalue weighted by Gasteiger charge is 2.65. The van der Waals surface area contributed by atoms with Gasteiger partial charge in [-0.2, -0.15) is 17.5 Å². The Morgan fingerprint density at radius 1 is 1.13 bits per heavy atom. The zero-order valence-electron chi connectivity index (χ0n) is 17.2. The van der Waals surface area contributed by atoms with Crippen LogP contribution in [0.2, 0.25) is 0 Å². The number of sulfonamides is 1. The number of halogens is 3. The Bertz CT molecular complexity index is 952. The van der Waals surface area contributed by atoms with Crippen molar-refractivity contribution in [1.29, 1.82) is 0 Å². The standard InChI is InChI=1S/C21H27F3N2O3S/c1-19(2)15-6-7-20(19,18(27)13-15)14-30(28,29)26-10-8-25(9-11-26)17-5-3-4-16(12-17)21(22,23)24/h3-5,12,15H,6-11,13-14H2,1-2H3/t15-,20+/m0/s1. The number of ketones is 1. The van der Waals surface area contributed by atoms with E-state index in [2.05, 4.69) is 0 Å². The molecule has 2 bridgehead atoms. The quantitative estimate of drug-likeness (QED) is 0.713. The maximum atomic E-state index is 13.2. The largest absolute Gasteiger partial charge is 0.416 e. The van der Waals surface area contributed by atoms with E-state index in [4.69, 9.17) is 0 Å². The zero-order chi connectivity index (χ0) is 21.9. The van der Waals surface area contributed by atoms with Gasteiger partial charge in [-0.25, -0.2) is 8.42 Å². The fraction of sp³-hybridized carbons (Fsp3) is 0.667. The summed E-state index contributed by atoms with van der Waals surface area (Å²) in [6.07, 6.45) is -2.45. The SMILES string of the molecule is CC1(C)[C@H]2CC[C@@]1(CS(=O)(=O)N1CCN(c3cccc(C(F)(F)F)c3)CC1)C(=O)C2. The van der Waals surface area contributed by atoms with E-state index in [1.54, 1.807) is 11.0 Å². The summed E-state index contributed by atoms with van der Waals surface area (Å²) < 4.78 is 66.7. The van der Waals surface area contributed by atoms with Crippen LogP contribution in [0, 0.1) is 16.7 Å². The van der Waals surface area contributed by atoms with Gasteiger partial charge in [0, 0.05) is 43.7 Å². The van der Waals surface area contributed by atoms with Gasteiger partial charge in [0.05, 0.1) is 11.3 Å². The first-order valence-corrected chi connectivity index (χ1v) is 11.9. The Labute approximate surface area is 175 Å². The third-order valence-corrected chi connectivity index (χ3v) is 9.75. The van der Waals surface area contributed by atoms with Gasteiger partial charge in [0.25, 0.3) is 0 Å². The number of rotatable bonds is 4. The highest BCUT2D eigenvalue weighted by molar-refractivity contribution is 7.89. The van der Waals surface area contributed by atoms with Crippen LogP contribution >= 0.6 is 0 Å². The average molecular weight is 445 g/mol. The van der Waals surface area contributed by atoms with Gasteiger partial charge in [0.1, 0.15) is 5.78 Å². The molecule has 4 rings (SSSR count). The van der Waals surface area contributed by atoms with Gasteiger partial charge in [0.2, 0.25) is 10.0 Å². The van der Waals surface area contributed by atoms with Crippen molar-refractivity contribution in [3.63, 3.8) is 0 Å². The summed E-state index contributed by atoms with van der Waals surface area (Å²) in [6.45, 7) is 5.05. The lowest BCUT2D eigenvalue weighted by atomic mass is 9.70. The Balaban J connectivity index is 1.46. The number of fused-ring (bicyclic) bond motifs is 2. The fourth-order valence-electron chi connectivity index (χ4n) is 5.61. The number of benzene rings is 1. The average Bonchev–Trinajstić information content (AvgIpc) is 3.01. The van der Waals surface area contributed by atoms with E-state index < -0.39 is 27.2 Å². The van der Waals surface area contributed by atoms with Crippen molar-refractivity contribution in [2.24, 2.45) is 16.7 Å². The number of Topliss-reactive ketones (excluding diaryl/α,β-unsaturated/α-hetero) is 1. The monoisotopic (exact) mass is 444 g/mol. The molecule has 2 aliphatic carbocycles. The Morgan fingerprint density at radius 3 is 2.33 bits per heavy atom. The molecule has 1 saturated heterocycles. The maximum Gasteiger partial charge on any atom is 0.416 e. The molecule has 5 nitrogen and oxygen atoms in total. The normalized spacial score (nSPS) is 29.6. The van der Waals surface area contributed by atoms with Gasteiger partial charge in [0.15, 0.2) is 0 Å². The Hall–Kier alpha value is -1.61. The van der Waals surface area contributed by atoms with Crippen molar-refractivity contribution in [2.75, 3.05) is 36.8 Å². The molecule has 9 heteroatoms. The second kappa shape index (κ2) is 6.95. The van der Waals surface area contributed by atoms with Crippen molar-refractivity contribution in [1.82, 2.24) is 4.31 Å². The summed E-state index contributed by atoms with van der Waals surface area (Å²) >= 11 is 0. The van der Waals surface area contributed by atoms with Crippen molar-refractivity contribution in [3.8, 4) is 0 Å². The van der Waals surface area contributed by atoms with Crippen LogP contribution in [0.1, 0.15) is 38.7 Å². The predicted octanol–water partition coefficient (Wildman–Crippen LogP) is 3.55. The number of carbonyl (C=O) groups is 1. The molecule has 3 aliphatic rings. The predicted molar refractivity (Wildman–Crippen MR) is 108 cm³/mol. The van der Waals surface area contributed by atoms with Gasteiger partial charge in [-0.3, -0.25) is 4.79 Å². The molecule has 0 N–H and O–H groups in total. The van der Waals surface area contributed by atoms with Crippen LogP contribution in [0.5, 0.6) is 0 Å². The molecular weight excluding hydrogens is 417 g/mol. The minimum atomic E-state index is -4.42. The van der Waals surface area contributed by atoms with Crippen LogP contribution in [-0.4, -0.2) is 50.4 Å². The van der Waals surface area contributed by atoms with Crippen LogP contribution in [0.25, 0.3) is 0 Å². The molecule has 30 heavy (non-hydrogen) atoms. The highest BCUT2D eigenvalue weighted by Crippen LogP contribution is 2.64. The van der Waals surface area contributed by atoms with Gasteiger partial charge in [-0.1, -0.05) is 19.9 Å². The highest BCUT2D eigenvalue weighted by atomic mass is 32.2. The van der Waals surface area contributed by atoms with Crippen molar-refractivity contribution in [2.45, 2.75) is 39.3 Å². The number of hydrogen-bond donors (Lipinski definition) is 0. The molecule has 1 aromatic carbocycles. The minimum absolute atomic E-state index is 0.0647. The molecule has 1 heterocycles. The van der Waals surface area contributed by atoms with E-state index in [-0.39, 0.29) is 36.0 Å². The summed E-state index contributed by atoms with van der Waals surface area (Å²) in [6, 6.07) is 5.10. The molecule has 0 radical (unpaired) electrons. The molecule has 3 fully saturated rings. The molecule has 2 saturated carbocycles. The lowest BCUT2D eigenvalue weighted by molar-refractivity contribution is -0.137. The van der Waals surface area contributed by atoms with Crippen LogP contribution < -0.4 is 4.90 Å². The van der Waals surface area contributed by atoms with Crippen LogP contribution in [-0.2, 0) is 21.0 Å². The first kappa shape index (κ1) is 21.6. The molecular formula is C21H27F3N2O3S. The van der Waals surface area contributed by atoms with Gasteiger partial charge < -0.3 is 4.90 Å². The van der Waals surface area contributed by atoms with Crippen molar-refractivity contribution >= 4 is 21.5 Å². The van der Waals surface area contributed by atoms with Crippen LogP contribution in [0.15, 0.2) is 24.3 Å². The number of carbonyl (C=O) groups excluding carboxylic acids is 1. The molecule has 1 aliphatic heterocycles. The Kier molecular flexibility index (Phi) is 5.01.